The molecule has 19 heavy (non-hydrogen) atoms. The Morgan fingerprint density at radius 1 is 1.58 bits per heavy atom. The minimum absolute atomic E-state index is 0.239. The number of aliphatic hydroxyl groups is 1. The topological polar surface area (TPSA) is 44.0 Å². The van der Waals surface area contributed by atoms with Crippen LogP contribution in [0.3, 0.4) is 0 Å². The van der Waals surface area contributed by atoms with Gasteiger partial charge in [-0.05, 0) is 55.9 Å². The van der Waals surface area contributed by atoms with Crippen LogP contribution in [-0.2, 0) is 0 Å². The van der Waals surface area contributed by atoms with E-state index in [0.29, 0.717) is 12.3 Å². The third-order valence-electron chi connectivity index (χ3n) is 4.46. The Morgan fingerprint density at radius 3 is 2.89 bits per heavy atom. The number of hydrogen-bond acceptors (Lipinski definition) is 2. The Kier molecular flexibility index (Phi) is 5.82. The van der Waals surface area contributed by atoms with Crippen molar-refractivity contribution >= 4 is 0 Å². The van der Waals surface area contributed by atoms with Gasteiger partial charge in [-0.25, -0.2) is 0 Å². The van der Waals surface area contributed by atoms with Crippen molar-refractivity contribution < 1.29 is 5.11 Å². The second-order valence-corrected chi connectivity index (χ2v) is 6.46. The van der Waals surface area contributed by atoms with E-state index in [1.807, 2.05) is 0 Å². The third-order valence-corrected chi connectivity index (χ3v) is 4.46. The van der Waals surface area contributed by atoms with Crippen molar-refractivity contribution in [3.63, 3.8) is 0 Å². The molecule has 0 aromatic heterocycles. The van der Waals surface area contributed by atoms with Gasteiger partial charge in [0.25, 0.3) is 0 Å². The summed E-state index contributed by atoms with van der Waals surface area (Å²) in [7, 11) is 0. The van der Waals surface area contributed by atoms with E-state index in [4.69, 9.17) is 5.26 Å². The number of unbranched alkanes of at least 4 members (excludes halogenated alkanes) is 1. The summed E-state index contributed by atoms with van der Waals surface area (Å²) in [6.45, 7) is 10.8. The maximum atomic E-state index is 9.97. The molecular formula is C17H27NO. The maximum absolute atomic E-state index is 9.97. The average molecular weight is 261 g/mol. The lowest BCUT2D eigenvalue weighted by Crippen LogP contribution is -2.36. The van der Waals surface area contributed by atoms with Crippen molar-refractivity contribution in [2.45, 2.75) is 65.4 Å². The fourth-order valence-electron chi connectivity index (χ4n) is 3.04. The van der Waals surface area contributed by atoms with E-state index in [-0.39, 0.29) is 11.5 Å². The van der Waals surface area contributed by atoms with Crippen LogP contribution in [0.15, 0.2) is 23.8 Å². The first-order valence-corrected chi connectivity index (χ1v) is 7.28. The van der Waals surface area contributed by atoms with Gasteiger partial charge in [0.2, 0.25) is 0 Å². The van der Waals surface area contributed by atoms with Gasteiger partial charge in [0.15, 0.2) is 0 Å². The highest BCUT2D eigenvalue weighted by molar-refractivity contribution is 5.15. The van der Waals surface area contributed by atoms with Crippen LogP contribution in [0.1, 0.15) is 59.3 Å². The van der Waals surface area contributed by atoms with Gasteiger partial charge in [-0.2, -0.15) is 5.26 Å². The number of nitriles is 1. The largest absolute Gasteiger partial charge is 0.389 e. The SMILES string of the molecule is C=C1C(O)CCC(C)(C)C1CC/C(C)=C/CCC#N. The molecule has 0 bridgehead atoms. The highest BCUT2D eigenvalue weighted by Gasteiger charge is 2.37. The van der Waals surface area contributed by atoms with Crippen molar-refractivity contribution in [2.75, 3.05) is 0 Å². The molecule has 0 radical (unpaired) electrons. The van der Waals surface area contributed by atoms with E-state index < -0.39 is 0 Å². The molecule has 0 aromatic rings. The molecule has 2 unspecified atom stereocenters. The Bertz CT molecular complexity index is 387. The highest BCUT2D eigenvalue weighted by Crippen LogP contribution is 2.45. The van der Waals surface area contributed by atoms with E-state index in [2.05, 4.69) is 39.5 Å². The number of rotatable bonds is 5. The molecule has 0 spiro atoms. The summed E-state index contributed by atoms with van der Waals surface area (Å²) in [5, 5.41) is 18.5. The maximum Gasteiger partial charge on any atom is 0.0750 e. The van der Waals surface area contributed by atoms with Crippen LogP contribution in [0.5, 0.6) is 0 Å². The molecule has 2 atom stereocenters. The van der Waals surface area contributed by atoms with Gasteiger partial charge in [0.1, 0.15) is 0 Å². The van der Waals surface area contributed by atoms with Gasteiger partial charge in [0.05, 0.1) is 12.2 Å². The first kappa shape index (κ1) is 16.0. The Labute approximate surface area is 117 Å². The first-order valence-electron chi connectivity index (χ1n) is 7.28. The van der Waals surface area contributed by atoms with Crippen LogP contribution in [-0.4, -0.2) is 11.2 Å². The molecule has 2 nitrogen and oxygen atoms in total. The molecule has 0 saturated heterocycles. The molecule has 0 aromatic carbocycles. The molecule has 0 amide bonds. The first-order chi connectivity index (χ1) is 8.88. The minimum atomic E-state index is -0.319. The summed E-state index contributed by atoms with van der Waals surface area (Å²) >= 11 is 0. The molecule has 1 fully saturated rings. The Hall–Kier alpha value is -1.07. The summed E-state index contributed by atoms with van der Waals surface area (Å²) in [5.74, 6) is 0.399. The van der Waals surface area contributed by atoms with E-state index in [9.17, 15) is 5.11 Å². The quantitative estimate of drug-likeness (QED) is 0.590. The molecular weight excluding hydrogens is 234 g/mol. The van der Waals surface area contributed by atoms with E-state index in [0.717, 1.165) is 37.7 Å². The summed E-state index contributed by atoms with van der Waals surface area (Å²) in [4.78, 5) is 0. The summed E-state index contributed by atoms with van der Waals surface area (Å²) < 4.78 is 0. The molecule has 1 N–H and O–H groups in total. The number of allylic oxidation sites excluding steroid dienone is 2. The van der Waals surface area contributed by atoms with Crippen LogP contribution in [0, 0.1) is 22.7 Å². The van der Waals surface area contributed by atoms with Crippen LogP contribution >= 0.6 is 0 Å². The van der Waals surface area contributed by atoms with Crippen molar-refractivity contribution in [3.05, 3.63) is 23.8 Å². The standard InChI is InChI=1S/C17H27NO/c1-13(7-5-6-12-18)8-9-15-14(2)16(19)10-11-17(15,3)4/h7,15-16,19H,2,5-6,8-11H2,1,3-4H3/b13-7+. The van der Waals surface area contributed by atoms with Gasteiger partial charge < -0.3 is 5.11 Å². The Morgan fingerprint density at radius 2 is 2.26 bits per heavy atom. The summed E-state index contributed by atoms with van der Waals surface area (Å²) in [6, 6.07) is 2.16. The average Bonchev–Trinajstić information content (AvgIpc) is 2.34. The lowest BCUT2D eigenvalue weighted by atomic mass is 9.64. The van der Waals surface area contributed by atoms with Gasteiger partial charge in [-0.15, -0.1) is 0 Å². The highest BCUT2D eigenvalue weighted by atomic mass is 16.3. The number of aliphatic hydroxyl groups excluding tert-OH is 1. The summed E-state index contributed by atoms with van der Waals surface area (Å²) in [5.41, 5.74) is 2.60. The molecule has 1 rings (SSSR count). The van der Waals surface area contributed by atoms with E-state index in [1.54, 1.807) is 0 Å². The molecule has 1 saturated carbocycles. The predicted octanol–water partition coefficient (Wildman–Crippen LogP) is 4.37. The van der Waals surface area contributed by atoms with Crippen LogP contribution in [0.25, 0.3) is 0 Å². The van der Waals surface area contributed by atoms with Crippen LogP contribution in [0.4, 0.5) is 0 Å². The number of nitrogens with zero attached hydrogens (tertiary/aromatic N) is 1. The van der Waals surface area contributed by atoms with Crippen LogP contribution in [0.2, 0.25) is 0 Å². The summed E-state index contributed by atoms with van der Waals surface area (Å²) in [6.07, 6.45) is 7.29. The van der Waals surface area contributed by atoms with Crippen molar-refractivity contribution in [3.8, 4) is 6.07 Å². The zero-order chi connectivity index (χ0) is 14.5. The third kappa shape index (κ3) is 4.51. The van der Waals surface area contributed by atoms with Crippen molar-refractivity contribution in [2.24, 2.45) is 11.3 Å². The second-order valence-electron chi connectivity index (χ2n) is 6.46. The fourth-order valence-corrected chi connectivity index (χ4v) is 3.04. The van der Waals surface area contributed by atoms with E-state index >= 15 is 0 Å². The van der Waals surface area contributed by atoms with Gasteiger partial charge >= 0.3 is 0 Å². The predicted molar refractivity (Wildman–Crippen MR) is 79.5 cm³/mol. The molecule has 1 aliphatic rings. The lowest BCUT2D eigenvalue weighted by Gasteiger charge is -2.42. The monoisotopic (exact) mass is 261 g/mol. The lowest BCUT2D eigenvalue weighted by molar-refractivity contribution is 0.0830. The number of hydrogen-bond donors (Lipinski definition) is 1. The zero-order valence-electron chi connectivity index (χ0n) is 12.6. The van der Waals surface area contributed by atoms with Crippen molar-refractivity contribution in [1.29, 1.82) is 5.26 Å². The molecule has 0 aliphatic heterocycles. The zero-order valence-corrected chi connectivity index (χ0v) is 12.6. The van der Waals surface area contributed by atoms with Crippen molar-refractivity contribution in [1.82, 2.24) is 0 Å². The van der Waals surface area contributed by atoms with Gasteiger partial charge in [-0.1, -0.05) is 32.1 Å². The van der Waals surface area contributed by atoms with E-state index in [1.165, 1.54) is 5.57 Å². The van der Waals surface area contributed by atoms with Crippen LogP contribution < -0.4 is 0 Å². The fraction of sp³-hybridized carbons (Fsp3) is 0.706. The molecule has 0 heterocycles. The van der Waals surface area contributed by atoms with Gasteiger partial charge in [-0.3, -0.25) is 0 Å². The molecule has 106 valence electrons. The normalized spacial score (nSPS) is 27.1. The Balaban J connectivity index is 2.56. The molecule has 1 aliphatic carbocycles. The smallest absolute Gasteiger partial charge is 0.0750 e. The minimum Gasteiger partial charge on any atom is -0.389 e. The second kappa shape index (κ2) is 6.91. The molecule has 2 heteroatoms. The van der Waals surface area contributed by atoms with Gasteiger partial charge in [0, 0.05) is 6.42 Å².